The Morgan fingerprint density at radius 2 is 2.21 bits per heavy atom. The maximum atomic E-state index is 11.1. The van der Waals surface area contributed by atoms with Crippen LogP contribution in [0.3, 0.4) is 0 Å². The average molecular weight is 261 g/mol. The van der Waals surface area contributed by atoms with E-state index >= 15 is 0 Å². The minimum absolute atomic E-state index is 0.181. The predicted octanol–water partition coefficient (Wildman–Crippen LogP) is 2.18. The summed E-state index contributed by atoms with van der Waals surface area (Å²) in [7, 11) is 0. The summed E-state index contributed by atoms with van der Waals surface area (Å²) in [5, 5.41) is 16.0. The van der Waals surface area contributed by atoms with E-state index in [1.54, 1.807) is 12.1 Å². The number of nitrogen functional groups attached to an aromatic ring is 1. The molecular formula is C13H15N3O3. The predicted molar refractivity (Wildman–Crippen MR) is 71.1 cm³/mol. The van der Waals surface area contributed by atoms with Crippen LogP contribution in [-0.2, 0) is 6.54 Å². The average Bonchev–Trinajstić information content (AvgIpc) is 2.66. The van der Waals surface area contributed by atoms with E-state index in [4.69, 9.17) is 15.4 Å². The number of hydrogen-bond donors (Lipinski definition) is 3. The molecule has 0 aliphatic rings. The van der Waals surface area contributed by atoms with Gasteiger partial charge in [-0.3, -0.25) is 0 Å². The molecule has 1 aromatic heterocycles. The highest BCUT2D eigenvalue weighted by Gasteiger charge is 2.13. The zero-order valence-corrected chi connectivity index (χ0v) is 10.7. The van der Waals surface area contributed by atoms with Crippen molar-refractivity contribution in [2.24, 2.45) is 0 Å². The molecule has 0 unspecified atom stereocenters. The smallest absolute Gasteiger partial charge is 0.337 e. The second-order valence-electron chi connectivity index (χ2n) is 4.27. The number of anilines is 2. The van der Waals surface area contributed by atoms with Gasteiger partial charge in [0.1, 0.15) is 5.76 Å². The van der Waals surface area contributed by atoms with Crippen molar-refractivity contribution in [2.45, 2.75) is 20.4 Å². The lowest BCUT2D eigenvalue weighted by Gasteiger charge is -2.10. The van der Waals surface area contributed by atoms with Crippen molar-refractivity contribution < 1.29 is 14.4 Å². The Bertz CT molecular complexity index is 600. The molecule has 2 aromatic rings. The fourth-order valence-electron chi connectivity index (χ4n) is 1.83. The molecule has 100 valence electrons. The monoisotopic (exact) mass is 261 g/mol. The van der Waals surface area contributed by atoms with Gasteiger partial charge >= 0.3 is 5.97 Å². The van der Waals surface area contributed by atoms with Crippen LogP contribution < -0.4 is 11.1 Å². The normalized spacial score (nSPS) is 10.4. The lowest BCUT2D eigenvalue weighted by atomic mass is 10.1. The Hall–Kier alpha value is -2.50. The number of hydrogen-bond acceptors (Lipinski definition) is 5. The second-order valence-corrected chi connectivity index (χ2v) is 4.27. The maximum Gasteiger partial charge on any atom is 0.337 e. The van der Waals surface area contributed by atoms with E-state index in [9.17, 15) is 4.79 Å². The molecule has 0 amide bonds. The van der Waals surface area contributed by atoms with Crippen LogP contribution in [-0.4, -0.2) is 16.2 Å². The third kappa shape index (κ3) is 2.67. The number of carboxylic acids is 1. The van der Waals surface area contributed by atoms with E-state index < -0.39 is 5.97 Å². The van der Waals surface area contributed by atoms with Crippen LogP contribution in [0.15, 0.2) is 22.7 Å². The summed E-state index contributed by atoms with van der Waals surface area (Å²) >= 11 is 0. The Morgan fingerprint density at radius 3 is 2.79 bits per heavy atom. The minimum atomic E-state index is -0.999. The molecule has 0 aliphatic carbocycles. The summed E-state index contributed by atoms with van der Waals surface area (Å²) in [5.41, 5.74) is 8.54. The van der Waals surface area contributed by atoms with Crippen LogP contribution in [0.5, 0.6) is 0 Å². The van der Waals surface area contributed by atoms with Gasteiger partial charge in [-0.15, -0.1) is 0 Å². The van der Waals surface area contributed by atoms with Crippen molar-refractivity contribution in [3.8, 4) is 0 Å². The van der Waals surface area contributed by atoms with Crippen molar-refractivity contribution in [1.29, 1.82) is 0 Å². The fourth-order valence-corrected chi connectivity index (χ4v) is 1.83. The van der Waals surface area contributed by atoms with Crippen LogP contribution in [0.1, 0.15) is 27.4 Å². The van der Waals surface area contributed by atoms with Gasteiger partial charge in [-0.25, -0.2) is 4.79 Å². The number of nitrogens with one attached hydrogen (secondary N) is 1. The molecule has 0 saturated heterocycles. The molecule has 0 radical (unpaired) electrons. The summed E-state index contributed by atoms with van der Waals surface area (Å²) < 4.78 is 5.05. The SMILES string of the molecule is Cc1noc(C)c1CNc1cc(N)ccc1C(=O)O. The van der Waals surface area contributed by atoms with Crippen LogP contribution in [0.2, 0.25) is 0 Å². The fraction of sp³-hybridized carbons (Fsp3) is 0.231. The summed E-state index contributed by atoms with van der Waals surface area (Å²) in [6.07, 6.45) is 0. The largest absolute Gasteiger partial charge is 0.478 e. The van der Waals surface area contributed by atoms with Crippen LogP contribution in [0.25, 0.3) is 0 Å². The first-order valence-electron chi connectivity index (χ1n) is 5.77. The standard InChI is InChI=1S/C13H15N3O3/c1-7-11(8(2)19-16-7)6-15-12-5-9(14)3-4-10(12)13(17)18/h3-5,15H,6,14H2,1-2H3,(H,17,18). The molecule has 0 fully saturated rings. The number of aryl methyl sites for hydroxylation is 2. The van der Waals surface area contributed by atoms with E-state index in [1.807, 2.05) is 13.8 Å². The number of aromatic nitrogens is 1. The van der Waals surface area contributed by atoms with Gasteiger partial charge in [-0.1, -0.05) is 5.16 Å². The number of carboxylic acid groups (broad SMARTS) is 1. The third-order valence-electron chi connectivity index (χ3n) is 2.91. The van der Waals surface area contributed by atoms with Gasteiger partial charge in [0, 0.05) is 17.8 Å². The molecule has 19 heavy (non-hydrogen) atoms. The van der Waals surface area contributed by atoms with Gasteiger partial charge < -0.3 is 20.7 Å². The molecule has 0 atom stereocenters. The van der Waals surface area contributed by atoms with Crippen molar-refractivity contribution in [3.05, 3.63) is 40.8 Å². The third-order valence-corrected chi connectivity index (χ3v) is 2.91. The molecule has 1 heterocycles. The number of nitrogens with zero attached hydrogens (tertiary/aromatic N) is 1. The summed E-state index contributed by atoms with van der Waals surface area (Å²) in [4.78, 5) is 11.1. The molecule has 1 aromatic carbocycles. The van der Waals surface area contributed by atoms with E-state index in [0.717, 1.165) is 11.3 Å². The first kappa shape index (κ1) is 12.9. The van der Waals surface area contributed by atoms with E-state index in [0.29, 0.717) is 23.7 Å². The zero-order chi connectivity index (χ0) is 14.0. The topological polar surface area (TPSA) is 101 Å². The molecule has 2 rings (SSSR count). The number of carbonyl (C=O) groups is 1. The molecule has 0 bridgehead atoms. The van der Waals surface area contributed by atoms with Gasteiger partial charge in [0.25, 0.3) is 0 Å². The van der Waals surface area contributed by atoms with Gasteiger partial charge in [0.15, 0.2) is 0 Å². The Balaban J connectivity index is 2.24. The van der Waals surface area contributed by atoms with Gasteiger partial charge in [0.2, 0.25) is 0 Å². The van der Waals surface area contributed by atoms with E-state index in [1.165, 1.54) is 6.07 Å². The van der Waals surface area contributed by atoms with E-state index in [-0.39, 0.29) is 5.56 Å². The molecule has 0 aliphatic heterocycles. The highest BCUT2D eigenvalue weighted by atomic mass is 16.5. The highest BCUT2D eigenvalue weighted by Crippen LogP contribution is 2.21. The Labute approximate surface area is 110 Å². The zero-order valence-electron chi connectivity index (χ0n) is 10.7. The van der Waals surface area contributed by atoms with Crippen molar-refractivity contribution >= 4 is 17.3 Å². The molecule has 6 heteroatoms. The van der Waals surface area contributed by atoms with Gasteiger partial charge in [-0.2, -0.15) is 0 Å². The summed E-state index contributed by atoms with van der Waals surface area (Å²) in [6, 6.07) is 4.64. The quantitative estimate of drug-likeness (QED) is 0.729. The summed E-state index contributed by atoms with van der Waals surface area (Å²) in [6.45, 7) is 4.09. The number of nitrogens with two attached hydrogens (primary N) is 1. The maximum absolute atomic E-state index is 11.1. The summed E-state index contributed by atoms with van der Waals surface area (Å²) in [5.74, 6) is -0.285. The highest BCUT2D eigenvalue weighted by molar-refractivity contribution is 5.95. The first-order valence-corrected chi connectivity index (χ1v) is 5.77. The number of rotatable bonds is 4. The lowest BCUT2D eigenvalue weighted by Crippen LogP contribution is -2.08. The first-order chi connectivity index (χ1) is 8.99. The lowest BCUT2D eigenvalue weighted by molar-refractivity contribution is 0.0698. The van der Waals surface area contributed by atoms with Crippen LogP contribution in [0.4, 0.5) is 11.4 Å². The van der Waals surface area contributed by atoms with Crippen molar-refractivity contribution in [3.63, 3.8) is 0 Å². The number of benzene rings is 1. The molecule has 0 saturated carbocycles. The van der Waals surface area contributed by atoms with Gasteiger partial charge in [0.05, 0.1) is 16.9 Å². The van der Waals surface area contributed by atoms with Crippen molar-refractivity contribution in [2.75, 3.05) is 11.1 Å². The van der Waals surface area contributed by atoms with Crippen LogP contribution in [0, 0.1) is 13.8 Å². The number of aromatic carboxylic acids is 1. The molecule has 4 N–H and O–H groups in total. The molecular weight excluding hydrogens is 246 g/mol. The van der Waals surface area contributed by atoms with E-state index in [2.05, 4.69) is 10.5 Å². The minimum Gasteiger partial charge on any atom is -0.478 e. The van der Waals surface area contributed by atoms with Crippen molar-refractivity contribution in [1.82, 2.24) is 5.16 Å². The second kappa shape index (κ2) is 5.01. The molecule has 0 spiro atoms. The molecule has 6 nitrogen and oxygen atoms in total. The Morgan fingerprint density at radius 1 is 1.47 bits per heavy atom. The Kier molecular flexibility index (Phi) is 3.41. The van der Waals surface area contributed by atoms with Crippen LogP contribution >= 0.6 is 0 Å². The van der Waals surface area contributed by atoms with Gasteiger partial charge in [-0.05, 0) is 32.0 Å².